The Labute approximate surface area is 127 Å². The average molecular weight is 307 g/mol. The summed E-state index contributed by atoms with van der Waals surface area (Å²) in [7, 11) is 1.28. The molecule has 0 N–H and O–H groups in total. The zero-order chi connectivity index (χ0) is 15.8. The van der Waals surface area contributed by atoms with Gasteiger partial charge in [-0.25, -0.2) is 0 Å². The van der Waals surface area contributed by atoms with Gasteiger partial charge >= 0.3 is 11.6 Å². The number of ketones is 1. The summed E-state index contributed by atoms with van der Waals surface area (Å²) in [5.74, 6) is -1.96. The van der Waals surface area contributed by atoms with Gasteiger partial charge in [-0.05, 0) is 30.7 Å². The van der Waals surface area contributed by atoms with Crippen molar-refractivity contribution in [3.05, 3.63) is 27.9 Å². The van der Waals surface area contributed by atoms with Crippen LogP contribution >= 0.6 is 11.3 Å². The highest BCUT2D eigenvalue weighted by atomic mass is 32.1. The Morgan fingerprint density at radius 2 is 2.05 bits per heavy atom. The van der Waals surface area contributed by atoms with Gasteiger partial charge < -0.3 is 5.53 Å². The molecule has 0 saturated carbocycles. The van der Waals surface area contributed by atoms with Crippen LogP contribution < -0.4 is 0 Å². The molecule has 1 aromatic rings. The molecule has 0 aromatic carbocycles. The zero-order valence-corrected chi connectivity index (χ0v) is 12.9. The number of hydrogen-bond acceptors (Lipinski definition) is 4. The Bertz CT molecular complexity index is 574. The molecule has 2 amide bonds. The molecule has 0 aliphatic heterocycles. The molecule has 112 valence electrons. The van der Waals surface area contributed by atoms with Crippen molar-refractivity contribution in [2.75, 3.05) is 7.05 Å². The highest BCUT2D eigenvalue weighted by molar-refractivity contribution is 7.09. The number of thiophene rings is 1. The predicted octanol–water partition coefficient (Wildman–Crippen LogP) is 1.71. The van der Waals surface area contributed by atoms with Crippen molar-refractivity contribution >= 4 is 34.6 Å². The van der Waals surface area contributed by atoms with E-state index in [1.807, 2.05) is 17.5 Å². The Hall–Kier alpha value is -2.11. The lowest BCUT2D eigenvalue weighted by atomic mass is 10.1. The molecule has 0 saturated heterocycles. The van der Waals surface area contributed by atoms with Crippen molar-refractivity contribution in [2.24, 2.45) is 0 Å². The van der Waals surface area contributed by atoms with Gasteiger partial charge in [0.2, 0.25) is 11.7 Å². The Balaban J connectivity index is 2.42. The third kappa shape index (κ3) is 5.06. The molecule has 0 unspecified atom stereocenters. The SMILES string of the molecule is CC(=O)C(=[N+]=[N-])C(=O)N(C)C(=O)CCCCc1cccs1. The summed E-state index contributed by atoms with van der Waals surface area (Å²) in [6.45, 7) is 1.10. The van der Waals surface area contributed by atoms with Gasteiger partial charge in [-0.1, -0.05) is 6.07 Å². The molecule has 0 atom stereocenters. The van der Waals surface area contributed by atoms with Gasteiger partial charge in [-0.3, -0.25) is 19.3 Å². The molecule has 0 radical (unpaired) electrons. The lowest BCUT2D eigenvalue weighted by molar-refractivity contribution is -0.142. The minimum Gasteiger partial charge on any atom is -0.360 e. The lowest BCUT2D eigenvalue weighted by Gasteiger charge is -2.12. The smallest absolute Gasteiger partial charge is 0.360 e. The maximum atomic E-state index is 11.8. The fraction of sp³-hybridized carbons (Fsp3) is 0.429. The zero-order valence-electron chi connectivity index (χ0n) is 12.0. The van der Waals surface area contributed by atoms with Crippen LogP contribution in [0.3, 0.4) is 0 Å². The molecule has 1 rings (SSSR count). The topological polar surface area (TPSA) is 90.8 Å². The van der Waals surface area contributed by atoms with E-state index in [0.29, 0.717) is 6.42 Å². The number of carbonyl (C=O) groups excluding carboxylic acids is 3. The standard InChI is InChI=1S/C14H17N3O3S/c1-10(18)13(16-15)14(20)17(2)12(19)8-4-3-6-11-7-5-9-21-11/h5,7,9H,3-4,6,8H2,1-2H3. The Morgan fingerprint density at radius 1 is 1.33 bits per heavy atom. The van der Waals surface area contributed by atoms with Crippen LogP contribution in [0.25, 0.3) is 5.53 Å². The molecule has 0 spiro atoms. The van der Waals surface area contributed by atoms with Crippen molar-refractivity contribution in [3.8, 4) is 0 Å². The summed E-state index contributed by atoms with van der Waals surface area (Å²) in [4.78, 5) is 39.4. The van der Waals surface area contributed by atoms with Gasteiger partial charge in [0.1, 0.15) is 0 Å². The van der Waals surface area contributed by atoms with Gasteiger partial charge in [0.15, 0.2) is 0 Å². The highest BCUT2D eigenvalue weighted by Gasteiger charge is 2.31. The summed E-state index contributed by atoms with van der Waals surface area (Å²) in [6.07, 6.45) is 2.62. The molecule has 0 aliphatic rings. The number of aryl methyl sites for hydroxylation is 1. The van der Waals surface area contributed by atoms with Crippen molar-refractivity contribution < 1.29 is 19.2 Å². The second kappa shape index (κ2) is 8.24. The summed E-state index contributed by atoms with van der Waals surface area (Å²) >= 11 is 1.67. The van der Waals surface area contributed by atoms with Crippen molar-refractivity contribution in [1.29, 1.82) is 0 Å². The first-order chi connectivity index (χ1) is 9.97. The number of Topliss-reactive ketones (excluding diaryl/α,β-unsaturated/α-hetero) is 1. The number of amides is 2. The predicted molar refractivity (Wildman–Crippen MR) is 79.0 cm³/mol. The van der Waals surface area contributed by atoms with Crippen LogP contribution in [0.15, 0.2) is 17.5 Å². The summed E-state index contributed by atoms with van der Waals surface area (Å²) in [6, 6.07) is 4.02. The summed E-state index contributed by atoms with van der Waals surface area (Å²) in [5.41, 5.74) is 7.99. The minimum atomic E-state index is -0.881. The van der Waals surface area contributed by atoms with Gasteiger partial charge in [0.25, 0.3) is 0 Å². The quantitative estimate of drug-likeness (QED) is 0.252. The number of imide groups is 1. The fourth-order valence-electron chi connectivity index (χ4n) is 1.73. The lowest BCUT2D eigenvalue weighted by Crippen LogP contribution is -2.41. The monoisotopic (exact) mass is 307 g/mol. The molecule has 1 heterocycles. The largest absolute Gasteiger partial charge is 0.421 e. The molecule has 7 heteroatoms. The van der Waals surface area contributed by atoms with Crippen molar-refractivity contribution in [2.45, 2.75) is 32.6 Å². The van der Waals surface area contributed by atoms with E-state index in [2.05, 4.69) is 4.79 Å². The van der Waals surface area contributed by atoms with Crippen LogP contribution in [0.5, 0.6) is 0 Å². The summed E-state index contributed by atoms with van der Waals surface area (Å²) in [5, 5.41) is 2.00. The summed E-state index contributed by atoms with van der Waals surface area (Å²) < 4.78 is 0. The van der Waals surface area contributed by atoms with Gasteiger partial charge in [-0.15, -0.1) is 11.3 Å². The normalized spacial score (nSPS) is 9.81. The van der Waals surface area contributed by atoms with E-state index in [-0.39, 0.29) is 6.42 Å². The second-order valence-electron chi connectivity index (χ2n) is 4.55. The van der Waals surface area contributed by atoms with Crippen LogP contribution in [-0.4, -0.2) is 40.0 Å². The second-order valence-corrected chi connectivity index (χ2v) is 5.58. The number of nitrogens with zero attached hydrogens (tertiary/aromatic N) is 3. The van der Waals surface area contributed by atoms with Crippen LogP contribution in [0.4, 0.5) is 0 Å². The van der Waals surface area contributed by atoms with E-state index in [1.165, 1.54) is 11.9 Å². The van der Waals surface area contributed by atoms with Crippen LogP contribution in [0, 0.1) is 0 Å². The molecule has 21 heavy (non-hydrogen) atoms. The number of carbonyl (C=O) groups is 3. The fourth-order valence-corrected chi connectivity index (χ4v) is 2.49. The molecule has 0 bridgehead atoms. The number of unbranched alkanes of at least 4 members (excludes halogenated alkanes) is 1. The van der Waals surface area contributed by atoms with E-state index in [1.54, 1.807) is 11.3 Å². The highest BCUT2D eigenvalue weighted by Crippen LogP contribution is 2.13. The maximum absolute atomic E-state index is 11.8. The molecular weight excluding hydrogens is 290 g/mol. The molecule has 0 aliphatic carbocycles. The van der Waals surface area contributed by atoms with Gasteiger partial charge in [0.05, 0.1) is 0 Å². The molecule has 1 aromatic heterocycles. The molecule has 6 nitrogen and oxygen atoms in total. The maximum Gasteiger partial charge on any atom is 0.421 e. The van der Waals surface area contributed by atoms with Crippen molar-refractivity contribution in [1.82, 2.24) is 4.90 Å². The molecule has 0 fully saturated rings. The van der Waals surface area contributed by atoms with Crippen LogP contribution in [-0.2, 0) is 20.8 Å². The van der Waals surface area contributed by atoms with E-state index in [9.17, 15) is 14.4 Å². The number of rotatable bonds is 7. The minimum absolute atomic E-state index is 0.213. The third-order valence-electron chi connectivity index (χ3n) is 2.96. The van der Waals surface area contributed by atoms with E-state index in [4.69, 9.17) is 5.53 Å². The van der Waals surface area contributed by atoms with E-state index >= 15 is 0 Å². The first-order valence-corrected chi connectivity index (χ1v) is 7.41. The van der Waals surface area contributed by atoms with E-state index < -0.39 is 23.3 Å². The Kier molecular flexibility index (Phi) is 6.65. The third-order valence-corrected chi connectivity index (χ3v) is 3.89. The van der Waals surface area contributed by atoms with Gasteiger partial charge in [0, 0.05) is 25.3 Å². The van der Waals surface area contributed by atoms with E-state index in [0.717, 1.165) is 24.7 Å². The Morgan fingerprint density at radius 3 is 2.57 bits per heavy atom. The van der Waals surface area contributed by atoms with Crippen molar-refractivity contribution in [3.63, 3.8) is 0 Å². The first kappa shape index (κ1) is 16.9. The van der Waals surface area contributed by atoms with Crippen LogP contribution in [0.2, 0.25) is 0 Å². The van der Waals surface area contributed by atoms with Crippen LogP contribution in [0.1, 0.15) is 31.1 Å². The first-order valence-electron chi connectivity index (χ1n) is 6.53. The average Bonchev–Trinajstić information content (AvgIpc) is 2.95. The van der Waals surface area contributed by atoms with Gasteiger partial charge in [-0.2, -0.15) is 4.79 Å². The molecular formula is C14H17N3O3S. The number of hydrogen-bond donors (Lipinski definition) is 0.